The average molecular weight is 241 g/mol. The Morgan fingerprint density at radius 2 is 2.00 bits per heavy atom. The summed E-state index contributed by atoms with van der Waals surface area (Å²) < 4.78 is 7.46. The first-order valence-electron chi connectivity index (χ1n) is 5.14. The minimum atomic E-state index is -0.558. The van der Waals surface area contributed by atoms with Crippen molar-refractivity contribution >= 4 is 6.21 Å². The van der Waals surface area contributed by atoms with E-state index < -0.39 is 11.2 Å². The Morgan fingerprint density at radius 3 is 2.53 bits per heavy atom. The smallest absolute Gasteiger partial charge is 0.333 e. The van der Waals surface area contributed by atoms with Gasteiger partial charge in [0.05, 0.1) is 12.8 Å². The molecule has 0 atom stereocenters. The molecule has 17 heavy (non-hydrogen) atoms. The second kappa shape index (κ2) is 5.33. The lowest BCUT2D eigenvalue weighted by Gasteiger charge is -2.12. The van der Waals surface area contributed by atoms with Gasteiger partial charge in [0.2, 0.25) is 5.88 Å². The number of rotatable bonds is 4. The van der Waals surface area contributed by atoms with Gasteiger partial charge in [-0.25, -0.2) is 4.79 Å². The van der Waals surface area contributed by atoms with E-state index in [1.54, 1.807) is 0 Å². The van der Waals surface area contributed by atoms with Crippen molar-refractivity contribution in [2.75, 3.05) is 6.61 Å². The maximum Gasteiger partial charge on any atom is 0.333 e. The summed E-state index contributed by atoms with van der Waals surface area (Å²) in [6, 6.07) is 0. The molecule has 0 aliphatic rings. The Kier molecular flexibility index (Phi) is 4.08. The molecule has 0 radical (unpaired) electrons. The molecule has 0 aliphatic heterocycles. The van der Waals surface area contributed by atoms with Crippen molar-refractivity contribution in [3.8, 4) is 5.88 Å². The first-order chi connectivity index (χ1) is 8.04. The number of ether oxygens (including phenoxy) is 1. The molecule has 1 aromatic heterocycles. The summed E-state index contributed by atoms with van der Waals surface area (Å²) >= 11 is 0. The number of hydrogen-bond acceptors (Lipinski definition) is 5. The maximum absolute atomic E-state index is 11.8. The quantitative estimate of drug-likeness (QED) is 0.444. The fraction of sp³-hybridized carbons (Fsp3) is 0.500. The third-order valence-corrected chi connectivity index (χ3v) is 2.27. The first-order valence-corrected chi connectivity index (χ1v) is 5.14. The van der Waals surface area contributed by atoms with E-state index in [2.05, 4.69) is 5.16 Å². The van der Waals surface area contributed by atoms with Crippen molar-refractivity contribution < 1.29 is 9.94 Å². The molecule has 0 aromatic carbocycles. The van der Waals surface area contributed by atoms with Crippen LogP contribution >= 0.6 is 0 Å². The highest BCUT2D eigenvalue weighted by Crippen LogP contribution is 2.09. The lowest BCUT2D eigenvalue weighted by atomic mass is 10.3. The van der Waals surface area contributed by atoms with E-state index in [9.17, 15) is 9.59 Å². The fourth-order valence-corrected chi connectivity index (χ4v) is 1.39. The Bertz CT molecular complexity index is 542. The first kappa shape index (κ1) is 13.0. The highest BCUT2D eigenvalue weighted by atomic mass is 16.5. The van der Waals surface area contributed by atoms with Crippen molar-refractivity contribution in [1.82, 2.24) is 9.13 Å². The van der Waals surface area contributed by atoms with Gasteiger partial charge in [0.15, 0.2) is 0 Å². The fourth-order valence-electron chi connectivity index (χ4n) is 1.39. The van der Waals surface area contributed by atoms with Gasteiger partial charge in [0, 0.05) is 14.1 Å². The molecule has 0 unspecified atom stereocenters. The summed E-state index contributed by atoms with van der Waals surface area (Å²) in [5.74, 6) is 0.109. The largest absolute Gasteiger partial charge is 0.478 e. The molecule has 0 aliphatic carbocycles. The topological polar surface area (TPSA) is 85.8 Å². The monoisotopic (exact) mass is 241 g/mol. The van der Waals surface area contributed by atoms with E-state index in [0.29, 0.717) is 6.61 Å². The molecule has 0 fully saturated rings. The molecule has 7 heteroatoms. The maximum atomic E-state index is 11.8. The van der Waals surface area contributed by atoms with Crippen molar-refractivity contribution in [1.29, 1.82) is 0 Å². The van der Waals surface area contributed by atoms with Crippen LogP contribution in [0.1, 0.15) is 18.9 Å². The molecular formula is C10H15N3O4. The van der Waals surface area contributed by atoms with Crippen LogP contribution in [0.3, 0.4) is 0 Å². The average Bonchev–Trinajstić information content (AvgIpc) is 2.33. The van der Waals surface area contributed by atoms with Crippen LogP contribution in [-0.4, -0.2) is 27.2 Å². The molecule has 0 spiro atoms. The zero-order valence-electron chi connectivity index (χ0n) is 10.0. The summed E-state index contributed by atoms with van der Waals surface area (Å²) in [6.07, 6.45) is 1.70. The predicted molar refractivity (Wildman–Crippen MR) is 62.1 cm³/mol. The van der Waals surface area contributed by atoms with Gasteiger partial charge in [-0.15, -0.1) is 0 Å². The number of aromatic nitrogens is 2. The minimum absolute atomic E-state index is 0.0468. The third kappa shape index (κ3) is 2.38. The van der Waals surface area contributed by atoms with Crippen LogP contribution in [0.2, 0.25) is 0 Å². The van der Waals surface area contributed by atoms with Gasteiger partial charge in [0.25, 0.3) is 5.56 Å². The molecule has 0 saturated heterocycles. The highest BCUT2D eigenvalue weighted by Gasteiger charge is 2.15. The van der Waals surface area contributed by atoms with E-state index >= 15 is 0 Å². The van der Waals surface area contributed by atoms with Gasteiger partial charge in [-0.2, -0.15) is 0 Å². The van der Waals surface area contributed by atoms with Crippen LogP contribution < -0.4 is 16.0 Å². The van der Waals surface area contributed by atoms with E-state index in [1.165, 1.54) is 18.7 Å². The van der Waals surface area contributed by atoms with Gasteiger partial charge >= 0.3 is 5.69 Å². The van der Waals surface area contributed by atoms with E-state index in [1.807, 2.05) is 6.92 Å². The SMILES string of the molecule is CCCOc1c(/C=N\O)c(=O)n(C)c(=O)n1C. The number of hydrogen-bond donors (Lipinski definition) is 1. The molecule has 1 aromatic rings. The molecule has 7 nitrogen and oxygen atoms in total. The van der Waals surface area contributed by atoms with Crippen LogP contribution in [0, 0.1) is 0 Å². The van der Waals surface area contributed by atoms with Crippen LogP contribution in [0.5, 0.6) is 5.88 Å². The van der Waals surface area contributed by atoms with Gasteiger partial charge in [-0.1, -0.05) is 12.1 Å². The Hall–Kier alpha value is -2.05. The lowest BCUT2D eigenvalue weighted by molar-refractivity contribution is 0.285. The number of oxime groups is 1. The summed E-state index contributed by atoms with van der Waals surface area (Å²) in [7, 11) is 2.84. The molecule has 0 bridgehead atoms. The Labute approximate surface area is 97.6 Å². The Balaban J connectivity index is 3.54. The van der Waals surface area contributed by atoms with Crippen LogP contribution in [-0.2, 0) is 14.1 Å². The van der Waals surface area contributed by atoms with Gasteiger partial charge in [-0.3, -0.25) is 13.9 Å². The van der Waals surface area contributed by atoms with E-state index in [0.717, 1.165) is 17.2 Å². The minimum Gasteiger partial charge on any atom is -0.478 e. The second-order valence-electron chi connectivity index (χ2n) is 3.52. The van der Waals surface area contributed by atoms with Crippen molar-refractivity contribution in [3.05, 3.63) is 26.4 Å². The van der Waals surface area contributed by atoms with Crippen LogP contribution in [0.25, 0.3) is 0 Å². The van der Waals surface area contributed by atoms with Gasteiger partial charge in [0.1, 0.15) is 5.56 Å². The Morgan fingerprint density at radius 1 is 1.35 bits per heavy atom. The van der Waals surface area contributed by atoms with Crippen molar-refractivity contribution in [3.63, 3.8) is 0 Å². The van der Waals surface area contributed by atoms with Gasteiger partial charge < -0.3 is 9.94 Å². The highest BCUT2D eigenvalue weighted by molar-refractivity contribution is 5.81. The summed E-state index contributed by atoms with van der Waals surface area (Å²) in [5, 5.41) is 11.3. The number of nitrogens with zero attached hydrogens (tertiary/aromatic N) is 3. The molecule has 1 heterocycles. The standard InChI is InChI=1S/C10H15N3O4/c1-4-5-17-9-7(6-11-16)8(14)12(2)10(15)13(9)3/h6,16H,4-5H2,1-3H3/b11-6-. The van der Waals surface area contributed by atoms with E-state index in [-0.39, 0.29) is 11.4 Å². The summed E-state index contributed by atoms with van der Waals surface area (Å²) in [5.41, 5.74) is -1.00. The molecule has 1 N–H and O–H groups in total. The van der Waals surface area contributed by atoms with Crippen LogP contribution in [0.15, 0.2) is 14.7 Å². The lowest BCUT2D eigenvalue weighted by Crippen LogP contribution is -2.39. The molecule has 0 amide bonds. The third-order valence-electron chi connectivity index (χ3n) is 2.27. The molecular weight excluding hydrogens is 226 g/mol. The predicted octanol–water partition coefficient (Wildman–Crippen LogP) is -0.319. The second-order valence-corrected chi connectivity index (χ2v) is 3.52. The van der Waals surface area contributed by atoms with Crippen LogP contribution in [0.4, 0.5) is 0 Å². The zero-order valence-corrected chi connectivity index (χ0v) is 10.0. The van der Waals surface area contributed by atoms with Gasteiger partial charge in [-0.05, 0) is 6.42 Å². The molecule has 94 valence electrons. The van der Waals surface area contributed by atoms with E-state index in [4.69, 9.17) is 9.94 Å². The zero-order chi connectivity index (χ0) is 13.0. The normalized spacial score (nSPS) is 11.0. The summed E-state index contributed by atoms with van der Waals surface area (Å²) in [4.78, 5) is 23.5. The molecule has 0 saturated carbocycles. The molecule has 1 rings (SSSR count). The van der Waals surface area contributed by atoms with Crippen molar-refractivity contribution in [2.45, 2.75) is 13.3 Å². The van der Waals surface area contributed by atoms with Crippen molar-refractivity contribution in [2.24, 2.45) is 19.3 Å². The summed E-state index contributed by atoms with van der Waals surface area (Å²) in [6.45, 7) is 2.27.